The minimum atomic E-state index is 0. The maximum absolute atomic E-state index is 3.57. The van der Waals surface area contributed by atoms with Gasteiger partial charge in [-0.3, -0.25) is 0 Å². The van der Waals surface area contributed by atoms with Crippen molar-refractivity contribution in [2.45, 2.75) is 26.2 Å². The fourth-order valence-electron chi connectivity index (χ4n) is 0.514. The summed E-state index contributed by atoms with van der Waals surface area (Å²) in [5.41, 5.74) is 0. The molecule has 54 valence electrons. The summed E-state index contributed by atoms with van der Waals surface area (Å²) in [7, 11) is 0. The SMILES string of the molecule is C=CC=CCCCC.O. The maximum Gasteiger partial charge on any atom is -0.0348 e. The highest BCUT2D eigenvalue weighted by Crippen LogP contribution is 1.93. The van der Waals surface area contributed by atoms with Gasteiger partial charge < -0.3 is 5.48 Å². The van der Waals surface area contributed by atoms with Crippen molar-refractivity contribution in [2.24, 2.45) is 0 Å². The Hall–Kier alpha value is -0.560. The highest BCUT2D eigenvalue weighted by Gasteiger charge is 1.73. The summed E-state index contributed by atoms with van der Waals surface area (Å²) in [4.78, 5) is 0. The second-order valence-corrected chi connectivity index (χ2v) is 1.81. The largest absolute Gasteiger partial charge is 0.412 e. The van der Waals surface area contributed by atoms with E-state index in [2.05, 4.69) is 19.6 Å². The first-order valence-corrected chi connectivity index (χ1v) is 3.19. The van der Waals surface area contributed by atoms with Crippen LogP contribution in [0.5, 0.6) is 0 Å². The topological polar surface area (TPSA) is 31.5 Å². The molecule has 0 aromatic rings. The Morgan fingerprint density at radius 3 is 2.56 bits per heavy atom. The van der Waals surface area contributed by atoms with E-state index in [1.54, 1.807) is 0 Å². The summed E-state index contributed by atoms with van der Waals surface area (Å²) < 4.78 is 0. The van der Waals surface area contributed by atoms with Crippen LogP contribution in [0.2, 0.25) is 0 Å². The second kappa shape index (κ2) is 10.4. The number of hydrogen-bond acceptors (Lipinski definition) is 0. The molecule has 0 aliphatic carbocycles. The molecule has 9 heavy (non-hydrogen) atoms. The van der Waals surface area contributed by atoms with Gasteiger partial charge in [0.1, 0.15) is 0 Å². The molecule has 0 saturated carbocycles. The second-order valence-electron chi connectivity index (χ2n) is 1.81. The van der Waals surface area contributed by atoms with Crippen LogP contribution in [-0.2, 0) is 0 Å². The highest BCUT2D eigenvalue weighted by molar-refractivity contribution is 4.96. The molecule has 1 nitrogen and oxygen atoms in total. The van der Waals surface area contributed by atoms with Crippen LogP contribution in [0.25, 0.3) is 0 Å². The van der Waals surface area contributed by atoms with Crippen molar-refractivity contribution < 1.29 is 5.48 Å². The number of rotatable bonds is 4. The van der Waals surface area contributed by atoms with Crippen LogP contribution in [0.4, 0.5) is 0 Å². The minimum Gasteiger partial charge on any atom is -0.412 e. The van der Waals surface area contributed by atoms with Gasteiger partial charge in [-0.2, -0.15) is 0 Å². The van der Waals surface area contributed by atoms with Crippen LogP contribution in [0.3, 0.4) is 0 Å². The summed E-state index contributed by atoms with van der Waals surface area (Å²) >= 11 is 0. The molecule has 0 saturated heterocycles. The summed E-state index contributed by atoms with van der Waals surface area (Å²) in [5.74, 6) is 0. The van der Waals surface area contributed by atoms with Crippen molar-refractivity contribution in [3.63, 3.8) is 0 Å². The first kappa shape index (κ1) is 11.3. The maximum atomic E-state index is 3.57. The fraction of sp³-hybridized carbons (Fsp3) is 0.500. The molecule has 0 aromatic heterocycles. The molecule has 0 unspecified atom stereocenters. The summed E-state index contributed by atoms with van der Waals surface area (Å²) in [6, 6.07) is 0. The lowest BCUT2D eigenvalue weighted by Crippen LogP contribution is -1.64. The summed E-state index contributed by atoms with van der Waals surface area (Å²) in [5, 5.41) is 0. The van der Waals surface area contributed by atoms with Crippen LogP contribution in [0, 0.1) is 0 Å². The van der Waals surface area contributed by atoms with Crippen LogP contribution in [-0.4, -0.2) is 5.48 Å². The standard InChI is InChI=1S/C8H14.H2O/c1-3-5-7-8-6-4-2;/h3,5,7H,1,4,6,8H2,2H3;1H2. The normalized spacial score (nSPS) is 9.00. The third-order valence-corrected chi connectivity index (χ3v) is 0.997. The van der Waals surface area contributed by atoms with Crippen LogP contribution in [0.15, 0.2) is 24.8 Å². The summed E-state index contributed by atoms with van der Waals surface area (Å²) in [6.45, 7) is 5.77. The molecule has 0 rings (SSSR count). The van der Waals surface area contributed by atoms with Crippen LogP contribution >= 0.6 is 0 Å². The van der Waals surface area contributed by atoms with Crippen LogP contribution in [0.1, 0.15) is 26.2 Å². The van der Waals surface area contributed by atoms with E-state index in [-0.39, 0.29) is 5.48 Å². The van der Waals surface area contributed by atoms with Gasteiger partial charge in [0.25, 0.3) is 0 Å². The van der Waals surface area contributed by atoms with E-state index in [0.717, 1.165) is 0 Å². The van der Waals surface area contributed by atoms with E-state index >= 15 is 0 Å². The van der Waals surface area contributed by atoms with Gasteiger partial charge in [0, 0.05) is 0 Å². The van der Waals surface area contributed by atoms with Gasteiger partial charge in [0.2, 0.25) is 0 Å². The fourth-order valence-corrected chi connectivity index (χ4v) is 0.514. The molecular formula is C8H16O. The van der Waals surface area contributed by atoms with E-state index < -0.39 is 0 Å². The van der Waals surface area contributed by atoms with Gasteiger partial charge in [0.05, 0.1) is 0 Å². The van der Waals surface area contributed by atoms with E-state index in [9.17, 15) is 0 Å². The zero-order valence-corrected chi connectivity index (χ0v) is 6.06. The molecule has 0 bridgehead atoms. The Kier molecular flexibility index (Phi) is 13.1. The highest BCUT2D eigenvalue weighted by atomic mass is 16.0. The predicted octanol–water partition coefficient (Wildman–Crippen LogP) is 2.09. The molecule has 0 amide bonds. The Bertz CT molecular complexity index is 74.6. The quantitative estimate of drug-likeness (QED) is 0.410. The predicted molar refractivity (Wildman–Crippen MR) is 42.5 cm³/mol. The van der Waals surface area contributed by atoms with Gasteiger partial charge in [0.15, 0.2) is 0 Å². The van der Waals surface area contributed by atoms with E-state index in [1.807, 2.05) is 12.2 Å². The molecule has 0 atom stereocenters. The van der Waals surface area contributed by atoms with Crippen molar-refractivity contribution in [2.75, 3.05) is 0 Å². The Morgan fingerprint density at radius 2 is 2.11 bits per heavy atom. The van der Waals surface area contributed by atoms with Crippen molar-refractivity contribution in [3.05, 3.63) is 24.8 Å². The number of hydrogen-bond donors (Lipinski definition) is 0. The van der Waals surface area contributed by atoms with Crippen molar-refractivity contribution in [3.8, 4) is 0 Å². The molecule has 0 radical (unpaired) electrons. The molecule has 0 aromatic carbocycles. The first-order chi connectivity index (χ1) is 3.91. The summed E-state index contributed by atoms with van der Waals surface area (Å²) in [6.07, 6.45) is 9.73. The average Bonchev–Trinajstić information content (AvgIpc) is 1.81. The van der Waals surface area contributed by atoms with E-state index in [4.69, 9.17) is 0 Å². The number of allylic oxidation sites excluding steroid dienone is 3. The lowest BCUT2D eigenvalue weighted by atomic mass is 10.2. The van der Waals surface area contributed by atoms with Gasteiger partial charge >= 0.3 is 0 Å². The third-order valence-electron chi connectivity index (χ3n) is 0.997. The van der Waals surface area contributed by atoms with Gasteiger partial charge in [-0.05, 0) is 6.42 Å². The zero-order valence-electron chi connectivity index (χ0n) is 6.06. The third kappa shape index (κ3) is 11.2. The van der Waals surface area contributed by atoms with E-state index in [0.29, 0.717) is 0 Å². The van der Waals surface area contributed by atoms with Gasteiger partial charge in [-0.25, -0.2) is 0 Å². The van der Waals surface area contributed by atoms with Crippen LogP contribution < -0.4 is 0 Å². The van der Waals surface area contributed by atoms with Crippen molar-refractivity contribution >= 4 is 0 Å². The molecule has 0 aliphatic heterocycles. The van der Waals surface area contributed by atoms with Gasteiger partial charge in [-0.1, -0.05) is 44.6 Å². The van der Waals surface area contributed by atoms with Gasteiger partial charge in [-0.15, -0.1) is 0 Å². The molecule has 2 N–H and O–H groups in total. The van der Waals surface area contributed by atoms with E-state index in [1.165, 1.54) is 19.3 Å². The molecule has 0 spiro atoms. The molecule has 0 heterocycles. The Balaban J connectivity index is 0. The first-order valence-electron chi connectivity index (χ1n) is 3.19. The monoisotopic (exact) mass is 128 g/mol. The minimum absolute atomic E-state index is 0. The Labute approximate surface area is 57.4 Å². The number of unbranched alkanes of at least 4 members (excludes halogenated alkanes) is 2. The molecule has 0 fully saturated rings. The van der Waals surface area contributed by atoms with Crippen molar-refractivity contribution in [1.29, 1.82) is 0 Å². The lowest BCUT2D eigenvalue weighted by molar-refractivity contribution is 0.815. The lowest BCUT2D eigenvalue weighted by Gasteiger charge is -1.84. The average molecular weight is 128 g/mol. The Morgan fingerprint density at radius 1 is 1.44 bits per heavy atom. The zero-order chi connectivity index (χ0) is 6.24. The molecular weight excluding hydrogens is 112 g/mol. The molecule has 0 aliphatic rings. The smallest absolute Gasteiger partial charge is 0.0348 e. The van der Waals surface area contributed by atoms with Crippen molar-refractivity contribution in [1.82, 2.24) is 0 Å². The molecule has 1 heteroatoms.